The summed E-state index contributed by atoms with van der Waals surface area (Å²) in [5.74, 6) is -1.82. The Balaban J connectivity index is 2.49. The van der Waals surface area contributed by atoms with E-state index in [0.717, 1.165) is 0 Å². The average molecular weight is 210 g/mol. The van der Waals surface area contributed by atoms with Gasteiger partial charge in [0.15, 0.2) is 0 Å². The van der Waals surface area contributed by atoms with Crippen molar-refractivity contribution < 1.29 is 34.0 Å². The Morgan fingerprint density at radius 1 is 1.50 bits per heavy atom. The zero-order valence-corrected chi connectivity index (χ0v) is 7.17. The second-order valence-electron chi connectivity index (χ2n) is 2.91. The molecule has 1 aliphatic rings. The number of ether oxygens (including phenoxy) is 2. The molecule has 14 heavy (non-hydrogen) atoms. The Hall–Kier alpha value is -0.760. The highest BCUT2D eigenvalue weighted by Gasteiger charge is 2.38. The van der Waals surface area contributed by atoms with E-state index < -0.39 is 30.5 Å². The van der Waals surface area contributed by atoms with Gasteiger partial charge in [-0.25, -0.2) is 9.18 Å². The Morgan fingerprint density at radius 2 is 2.14 bits per heavy atom. The molecule has 0 spiro atoms. The number of hydrogen-bond donors (Lipinski definition) is 3. The highest BCUT2D eigenvalue weighted by atomic mass is 19.1. The lowest BCUT2D eigenvalue weighted by atomic mass is 10.0. The van der Waals surface area contributed by atoms with E-state index >= 15 is 0 Å². The number of aliphatic hydroxyl groups excluding tert-OH is 2. The summed E-state index contributed by atoms with van der Waals surface area (Å²) in [6.07, 6.45) is -7.04. The molecule has 0 amide bonds. The molecule has 0 bridgehead atoms. The number of aliphatic hydroxyl groups is 2. The molecule has 0 aromatic rings. The van der Waals surface area contributed by atoms with Crippen molar-refractivity contribution in [1.82, 2.24) is 0 Å². The number of rotatable bonds is 4. The fourth-order valence-corrected chi connectivity index (χ4v) is 1.08. The maximum absolute atomic E-state index is 12.7. The van der Waals surface area contributed by atoms with Gasteiger partial charge >= 0.3 is 5.97 Å². The minimum Gasteiger partial charge on any atom is -0.479 e. The van der Waals surface area contributed by atoms with E-state index in [1.807, 2.05) is 0 Å². The van der Waals surface area contributed by atoms with Crippen LogP contribution >= 0.6 is 0 Å². The molecule has 3 N–H and O–H groups in total. The van der Waals surface area contributed by atoms with E-state index in [4.69, 9.17) is 19.7 Å². The highest BCUT2D eigenvalue weighted by molar-refractivity contribution is 5.72. The Morgan fingerprint density at radius 3 is 2.57 bits per heavy atom. The monoisotopic (exact) mass is 210 g/mol. The van der Waals surface area contributed by atoms with Crippen molar-refractivity contribution in [3.63, 3.8) is 0 Å². The quantitative estimate of drug-likeness (QED) is 0.522. The molecule has 4 atom stereocenters. The van der Waals surface area contributed by atoms with E-state index in [1.165, 1.54) is 0 Å². The van der Waals surface area contributed by atoms with E-state index in [1.54, 1.807) is 0 Å². The maximum Gasteiger partial charge on any atom is 0.341 e. The van der Waals surface area contributed by atoms with Crippen molar-refractivity contribution in [2.24, 2.45) is 0 Å². The van der Waals surface area contributed by atoms with Crippen molar-refractivity contribution in [2.45, 2.75) is 24.5 Å². The summed E-state index contributed by atoms with van der Waals surface area (Å²) in [6, 6.07) is 0. The third-order valence-electron chi connectivity index (χ3n) is 1.91. The van der Waals surface area contributed by atoms with Gasteiger partial charge in [0, 0.05) is 0 Å². The molecule has 0 saturated carbocycles. The first-order chi connectivity index (χ1) is 6.54. The molecule has 4 unspecified atom stereocenters. The number of aliphatic carboxylic acids is 1. The second-order valence-corrected chi connectivity index (χ2v) is 2.91. The maximum atomic E-state index is 12.7. The van der Waals surface area contributed by atoms with Crippen LogP contribution in [-0.4, -0.2) is 59.2 Å². The Bertz CT molecular complexity index is 204. The van der Waals surface area contributed by atoms with Gasteiger partial charge in [0.1, 0.15) is 25.1 Å². The van der Waals surface area contributed by atoms with Crippen LogP contribution in [-0.2, 0) is 14.3 Å². The van der Waals surface area contributed by atoms with Gasteiger partial charge in [-0.1, -0.05) is 0 Å². The first kappa shape index (κ1) is 11.3. The number of carboxylic acids is 1. The summed E-state index contributed by atoms with van der Waals surface area (Å²) in [7, 11) is 0. The summed E-state index contributed by atoms with van der Waals surface area (Å²) in [6.45, 7) is -0.0525. The van der Waals surface area contributed by atoms with E-state index in [0.29, 0.717) is 0 Å². The molecule has 1 heterocycles. The minimum atomic E-state index is -2.53. The standard InChI is InChI=1S/C7H11FO6/c8-4(7(11)12)6(10)5(9)3-1-13-2-14-3/h3-6,9-10H,1-2H2,(H,11,12). The van der Waals surface area contributed by atoms with Crippen LogP contribution < -0.4 is 0 Å². The van der Waals surface area contributed by atoms with Gasteiger partial charge in [0.05, 0.1) is 6.61 Å². The minimum absolute atomic E-state index is 0.00453. The van der Waals surface area contributed by atoms with Crippen LogP contribution in [0.15, 0.2) is 0 Å². The number of alkyl halides is 1. The molecule has 0 aliphatic carbocycles. The molecular weight excluding hydrogens is 199 g/mol. The lowest BCUT2D eigenvalue weighted by Crippen LogP contribution is -2.46. The molecule has 1 saturated heterocycles. The Labute approximate surface area is 78.9 Å². The van der Waals surface area contributed by atoms with Crippen LogP contribution in [0.1, 0.15) is 0 Å². The van der Waals surface area contributed by atoms with Crippen molar-refractivity contribution >= 4 is 5.97 Å². The molecule has 0 aromatic heterocycles. The molecule has 1 rings (SSSR count). The third kappa shape index (κ3) is 2.38. The fourth-order valence-electron chi connectivity index (χ4n) is 1.08. The van der Waals surface area contributed by atoms with Crippen molar-refractivity contribution in [2.75, 3.05) is 13.4 Å². The van der Waals surface area contributed by atoms with Crippen molar-refractivity contribution in [1.29, 1.82) is 0 Å². The summed E-state index contributed by atoms with van der Waals surface area (Å²) in [5, 5.41) is 26.6. The fraction of sp³-hybridized carbons (Fsp3) is 0.857. The second kappa shape index (κ2) is 4.65. The summed E-state index contributed by atoms with van der Waals surface area (Å²) >= 11 is 0. The van der Waals surface area contributed by atoms with Crippen molar-refractivity contribution in [3.05, 3.63) is 0 Å². The van der Waals surface area contributed by atoms with E-state index in [9.17, 15) is 14.3 Å². The lowest BCUT2D eigenvalue weighted by Gasteiger charge is -2.22. The van der Waals surface area contributed by atoms with Gasteiger partial charge < -0.3 is 24.8 Å². The van der Waals surface area contributed by atoms with Crippen LogP contribution in [0.25, 0.3) is 0 Å². The number of hydrogen-bond acceptors (Lipinski definition) is 5. The SMILES string of the molecule is O=C(O)C(F)C(O)C(O)C1COCO1. The van der Waals surface area contributed by atoms with Gasteiger partial charge in [-0.05, 0) is 0 Å². The number of halogens is 1. The largest absolute Gasteiger partial charge is 0.479 e. The van der Waals surface area contributed by atoms with Crippen LogP contribution in [0, 0.1) is 0 Å². The molecule has 0 aromatic carbocycles. The molecule has 6 nitrogen and oxygen atoms in total. The van der Waals surface area contributed by atoms with Crippen LogP contribution in [0.2, 0.25) is 0 Å². The normalized spacial score (nSPS) is 28.4. The zero-order valence-electron chi connectivity index (χ0n) is 7.17. The molecule has 1 fully saturated rings. The third-order valence-corrected chi connectivity index (χ3v) is 1.91. The molecule has 82 valence electrons. The first-order valence-electron chi connectivity index (χ1n) is 3.96. The van der Waals surface area contributed by atoms with Crippen LogP contribution in [0.5, 0.6) is 0 Å². The topological polar surface area (TPSA) is 96.2 Å². The average Bonchev–Trinajstić information content (AvgIpc) is 2.67. The van der Waals surface area contributed by atoms with Gasteiger partial charge in [0.2, 0.25) is 6.17 Å². The summed E-state index contributed by atoms with van der Waals surface area (Å²) in [4.78, 5) is 10.1. The number of carbonyl (C=O) groups is 1. The Kier molecular flexibility index (Phi) is 3.76. The lowest BCUT2D eigenvalue weighted by molar-refractivity contribution is -0.154. The van der Waals surface area contributed by atoms with E-state index in [2.05, 4.69) is 0 Å². The number of carboxylic acid groups (broad SMARTS) is 1. The van der Waals surface area contributed by atoms with Crippen LogP contribution in [0.4, 0.5) is 4.39 Å². The predicted octanol–water partition coefficient (Wildman–Crippen LogP) is -1.50. The van der Waals surface area contributed by atoms with E-state index in [-0.39, 0.29) is 13.4 Å². The molecule has 0 radical (unpaired) electrons. The zero-order chi connectivity index (χ0) is 10.7. The molecule has 7 heteroatoms. The highest BCUT2D eigenvalue weighted by Crippen LogP contribution is 2.14. The molecular formula is C7H11FO6. The predicted molar refractivity (Wildman–Crippen MR) is 40.2 cm³/mol. The molecule has 1 aliphatic heterocycles. The van der Waals surface area contributed by atoms with Gasteiger partial charge in [-0.3, -0.25) is 0 Å². The van der Waals surface area contributed by atoms with Gasteiger partial charge in [0.25, 0.3) is 0 Å². The van der Waals surface area contributed by atoms with Gasteiger partial charge in [-0.2, -0.15) is 0 Å². The summed E-state index contributed by atoms with van der Waals surface area (Å²) in [5.41, 5.74) is 0. The van der Waals surface area contributed by atoms with Crippen molar-refractivity contribution in [3.8, 4) is 0 Å². The first-order valence-corrected chi connectivity index (χ1v) is 3.96. The smallest absolute Gasteiger partial charge is 0.341 e. The van der Waals surface area contributed by atoms with Gasteiger partial charge in [-0.15, -0.1) is 0 Å². The summed E-state index contributed by atoms with van der Waals surface area (Å²) < 4.78 is 22.2. The van der Waals surface area contributed by atoms with Crippen LogP contribution in [0.3, 0.4) is 0 Å².